The van der Waals surface area contributed by atoms with Crippen LogP contribution >= 0.6 is 11.6 Å². The van der Waals surface area contributed by atoms with Gasteiger partial charge in [0.25, 0.3) is 5.56 Å². The van der Waals surface area contributed by atoms with Crippen molar-refractivity contribution in [2.75, 3.05) is 19.0 Å². The van der Waals surface area contributed by atoms with E-state index in [1.165, 1.54) is 4.57 Å². The second kappa shape index (κ2) is 8.05. The molecule has 0 bridgehead atoms. The quantitative estimate of drug-likeness (QED) is 0.466. The Hall–Kier alpha value is -3.57. The van der Waals surface area contributed by atoms with E-state index in [1.54, 1.807) is 48.7 Å². The molecule has 3 aromatic carbocycles. The molecule has 0 saturated carbocycles. The fourth-order valence-corrected chi connectivity index (χ4v) is 3.54. The van der Waals surface area contributed by atoms with Crippen LogP contribution in [-0.4, -0.2) is 30.0 Å². The van der Waals surface area contributed by atoms with Crippen LogP contribution in [0.15, 0.2) is 82.6 Å². The molecule has 1 N–H and O–H groups in total. The third kappa shape index (κ3) is 3.55. The van der Waals surface area contributed by atoms with E-state index in [9.17, 15) is 9.90 Å². The molecule has 0 aliphatic rings. The lowest BCUT2D eigenvalue weighted by atomic mass is 10.1. The summed E-state index contributed by atoms with van der Waals surface area (Å²) in [5.41, 5.74) is 2.32. The molecule has 0 atom stereocenters. The van der Waals surface area contributed by atoms with Gasteiger partial charge < -0.3 is 10.0 Å². The fraction of sp³-hybridized carbons (Fsp3) is 0.0833. The van der Waals surface area contributed by atoms with Gasteiger partial charge in [-0.15, -0.1) is 0 Å². The van der Waals surface area contributed by atoms with Gasteiger partial charge in [0.15, 0.2) is 0 Å². The second-order valence-corrected chi connectivity index (χ2v) is 7.45. The maximum Gasteiger partial charge on any atom is 0.265 e. The second-order valence-electron chi connectivity index (χ2n) is 7.04. The number of aliphatic imine (C=N–C) groups is 1. The molecule has 4 aromatic rings. The molecule has 1 heterocycles. The highest BCUT2D eigenvalue weighted by atomic mass is 35.5. The number of aromatic hydroxyl groups is 1. The van der Waals surface area contributed by atoms with Crippen molar-refractivity contribution < 1.29 is 5.11 Å². The summed E-state index contributed by atoms with van der Waals surface area (Å²) in [5, 5.41) is 12.5. The van der Waals surface area contributed by atoms with Gasteiger partial charge in [-0.25, -0.2) is 4.57 Å². The Labute approximate surface area is 179 Å². The van der Waals surface area contributed by atoms with Gasteiger partial charge >= 0.3 is 0 Å². The van der Waals surface area contributed by atoms with Crippen molar-refractivity contribution in [3.05, 3.63) is 93.7 Å². The first-order chi connectivity index (χ1) is 14.5. The summed E-state index contributed by atoms with van der Waals surface area (Å²) in [4.78, 5) is 19.7. The summed E-state index contributed by atoms with van der Waals surface area (Å²) < 4.78 is 1.22. The van der Waals surface area contributed by atoms with Gasteiger partial charge in [0, 0.05) is 36.8 Å². The Balaban J connectivity index is 1.91. The molecule has 5 nitrogen and oxygen atoms in total. The molecule has 0 spiro atoms. The van der Waals surface area contributed by atoms with Gasteiger partial charge in [0.1, 0.15) is 0 Å². The van der Waals surface area contributed by atoms with E-state index in [4.69, 9.17) is 11.6 Å². The van der Waals surface area contributed by atoms with Crippen LogP contribution in [0.4, 0.5) is 11.4 Å². The maximum atomic E-state index is 13.1. The lowest BCUT2D eigenvalue weighted by molar-refractivity contribution is 0.436. The number of para-hydroxylation sites is 1. The zero-order valence-corrected chi connectivity index (χ0v) is 17.3. The summed E-state index contributed by atoms with van der Waals surface area (Å²) in [5.74, 6) is -0.208. The lowest BCUT2D eigenvalue weighted by Crippen LogP contribution is -2.20. The molecule has 0 saturated heterocycles. The Morgan fingerprint density at radius 3 is 2.23 bits per heavy atom. The monoisotopic (exact) mass is 417 g/mol. The Morgan fingerprint density at radius 2 is 1.57 bits per heavy atom. The molecule has 150 valence electrons. The predicted octanol–water partition coefficient (Wildman–Crippen LogP) is 5.17. The first-order valence-electron chi connectivity index (χ1n) is 9.40. The summed E-state index contributed by atoms with van der Waals surface area (Å²) >= 11 is 6.31. The molecule has 1 aromatic heterocycles. The summed E-state index contributed by atoms with van der Waals surface area (Å²) in [6.07, 6.45) is 1.58. The van der Waals surface area contributed by atoms with E-state index in [1.807, 2.05) is 49.3 Å². The molecule has 0 unspecified atom stereocenters. The van der Waals surface area contributed by atoms with E-state index in [2.05, 4.69) is 4.99 Å². The standard InChI is InChI=1S/C24H20ClN3O2/c1-27(2)17-13-11-16(12-14-17)26-15-20-18-7-3-4-8-19(18)23(29)28(24(20)30)22-10-6-5-9-21(22)25/h3-15,30H,1-2H3. The molecule has 6 heteroatoms. The Morgan fingerprint density at radius 1 is 0.933 bits per heavy atom. The van der Waals surface area contributed by atoms with Gasteiger partial charge in [-0.2, -0.15) is 0 Å². The average Bonchev–Trinajstić information content (AvgIpc) is 2.75. The molecule has 0 fully saturated rings. The number of hydrogen-bond acceptors (Lipinski definition) is 4. The van der Waals surface area contributed by atoms with Crippen LogP contribution in [0.3, 0.4) is 0 Å². The van der Waals surface area contributed by atoms with Gasteiger partial charge in [0.05, 0.1) is 22.0 Å². The van der Waals surface area contributed by atoms with Crippen molar-refractivity contribution in [1.29, 1.82) is 0 Å². The first-order valence-corrected chi connectivity index (χ1v) is 9.78. The van der Waals surface area contributed by atoms with Crippen LogP contribution < -0.4 is 10.5 Å². The van der Waals surface area contributed by atoms with Crippen LogP contribution in [0.5, 0.6) is 5.88 Å². The molecule has 0 radical (unpaired) electrons. The van der Waals surface area contributed by atoms with Crippen LogP contribution in [0.2, 0.25) is 5.02 Å². The first kappa shape index (κ1) is 19.7. The van der Waals surface area contributed by atoms with Crippen LogP contribution in [0, 0.1) is 0 Å². The smallest absolute Gasteiger partial charge is 0.265 e. The number of rotatable bonds is 4. The minimum Gasteiger partial charge on any atom is -0.494 e. The Bertz CT molecular complexity index is 1310. The number of nitrogens with zero attached hydrogens (tertiary/aromatic N) is 3. The predicted molar refractivity (Wildman–Crippen MR) is 124 cm³/mol. The summed E-state index contributed by atoms with van der Waals surface area (Å²) in [7, 11) is 3.95. The maximum absolute atomic E-state index is 13.1. The van der Waals surface area contributed by atoms with Gasteiger partial charge in [-0.3, -0.25) is 9.79 Å². The topological polar surface area (TPSA) is 57.8 Å². The fourth-order valence-electron chi connectivity index (χ4n) is 3.32. The van der Waals surface area contributed by atoms with E-state index >= 15 is 0 Å². The third-order valence-electron chi connectivity index (χ3n) is 4.91. The van der Waals surface area contributed by atoms with Crippen molar-refractivity contribution >= 4 is 40.0 Å². The number of anilines is 1. The van der Waals surface area contributed by atoms with Gasteiger partial charge in [-0.1, -0.05) is 41.9 Å². The van der Waals surface area contributed by atoms with Crippen molar-refractivity contribution in [2.45, 2.75) is 0 Å². The number of halogens is 1. The number of benzene rings is 3. The van der Waals surface area contributed by atoms with E-state index in [-0.39, 0.29) is 11.4 Å². The highest BCUT2D eigenvalue weighted by Crippen LogP contribution is 2.29. The molecule has 0 aliphatic carbocycles. The minimum absolute atomic E-state index is 0.208. The van der Waals surface area contributed by atoms with E-state index < -0.39 is 0 Å². The number of aromatic nitrogens is 1. The van der Waals surface area contributed by atoms with E-state index in [0.29, 0.717) is 27.0 Å². The lowest BCUT2D eigenvalue weighted by Gasteiger charge is -2.14. The van der Waals surface area contributed by atoms with E-state index in [0.717, 1.165) is 11.4 Å². The highest BCUT2D eigenvalue weighted by Gasteiger charge is 2.17. The normalized spacial score (nSPS) is 11.3. The molecule has 4 rings (SSSR count). The van der Waals surface area contributed by atoms with Crippen molar-refractivity contribution in [3.63, 3.8) is 0 Å². The largest absolute Gasteiger partial charge is 0.494 e. The molecule has 30 heavy (non-hydrogen) atoms. The average molecular weight is 418 g/mol. The van der Waals surface area contributed by atoms with Crippen LogP contribution in [-0.2, 0) is 0 Å². The number of hydrogen-bond donors (Lipinski definition) is 1. The molecular weight excluding hydrogens is 398 g/mol. The minimum atomic E-state index is -0.344. The third-order valence-corrected chi connectivity index (χ3v) is 5.23. The van der Waals surface area contributed by atoms with Crippen LogP contribution in [0.1, 0.15) is 5.56 Å². The Kier molecular flexibility index (Phi) is 5.29. The van der Waals surface area contributed by atoms with Crippen LogP contribution in [0.25, 0.3) is 16.5 Å². The van der Waals surface area contributed by atoms with Gasteiger partial charge in [0.2, 0.25) is 5.88 Å². The molecule has 0 aliphatic heterocycles. The highest BCUT2D eigenvalue weighted by molar-refractivity contribution is 6.32. The zero-order valence-electron chi connectivity index (χ0n) is 16.6. The SMILES string of the molecule is CN(C)c1ccc(N=Cc2c(O)n(-c3ccccc3Cl)c(=O)c3ccccc23)cc1. The van der Waals surface area contributed by atoms with Crippen molar-refractivity contribution in [3.8, 4) is 11.6 Å². The zero-order chi connectivity index (χ0) is 21.3. The molecular formula is C24H20ClN3O2. The van der Waals surface area contributed by atoms with Gasteiger partial charge in [-0.05, 0) is 42.5 Å². The number of fused-ring (bicyclic) bond motifs is 1. The van der Waals surface area contributed by atoms with Crippen molar-refractivity contribution in [2.24, 2.45) is 4.99 Å². The summed E-state index contributed by atoms with van der Waals surface area (Å²) in [6.45, 7) is 0. The number of pyridine rings is 1. The van der Waals surface area contributed by atoms with Crippen molar-refractivity contribution in [1.82, 2.24) is 4.57 Å². The summed E-state index contributed by atoms with van der Waals surface area (Å²) in [6, 6.07) is 21.8. The molecule has 0 amide bonds.